The summed E-state index contributed by atoms with van der Waals surface area (Å²) in [7, 11) is 0. The summed E-state index contributed by atoms with van der Waals surface area (Å²) in [5, 5.41) is 42.6. The van der Waals surface area contributed by atoms with Crippen LogP contribution in [-0.2, 0) is 14.4 Å². The average Bonchev–Trinajstić information content (AvgIpc) is 2.00. The Labute approximate surface area is 95.4 Å². The van der Waals surface area contributed by atoms with Crippen LogP contribution in [0.25, 0.3) is 0 Å². The van der Waals surface area contributed by atoms with Crippen LogP contribution in [0.5, 0.6) is 0 Å². The maximum atomic E-state index is 10.4. The van der Waals surface area contributed by atoms with Crippen LogP contribution in [0, 0.1) is 0 Å². The highest BCUT2D eigenvalue weighted by Crippen LogP contribution is 2.16. The fraction of sp³-hybridized carbons (Fsp3) is 0.500. The lowest BCUT2D eigenvalue weighted by atomic mass is 9.93. The minimum absolute atomic E-state index is 0. The number of carbonyl (C=O) groups is 3. The van der Waals surface area contributed by atoms with Gasteiger partial charge in [-0.25, -0.2) is 9.59 Å². The van der Waals surface area contributed by atoms with Crippen molar-refractivity contribution in [2.45, 2.75) is 18.1 Å². The quantitative estimate of drug-likeness (QED) is 0.273. The Hall–Kier alpha value is -1.79. The fourth-order valence-electron chi connectivity index (χ4n) is 0.724. The zero-order valence-corrected chi connectivity index (χ0v) is 8.87. The van der Waals surface area contributed by atoms with Crippen LogP contribution >= 0.6 is 0 Å². The van der Waals surface area contributed by atoms with Gasteiger partial charge in [0.2, 0.25) is 5.60 Å². The lowest BCUT2D eigenvalue weighted by Crippen LogP contribution is -2.54. The first-order valence-corrected chi connectivity index (χ1v) is 3.30. The second-order valence-electron chi connectivity index (χ2n) is 2.54. The van der Waals surface area contributed by atoms with Gasteiger partial charge >= 0.3 is 17.9 Å². The second kappa shape index (κ2) is 8.37. The second-order valence-corrected chi connectivity index (χ2v) is 2.54. The zero-order valence-electron chi connectivity index (χ0n) is 8.87. The van der Waals surface area contributed by atoms with Crippen molar-refractivity contribution in [1.29, 1.82) is 0 Å². The van der Waals surface area contributed by atoms with E-state index in [2.05, 4.69) is 0 Å². The Morgan fingerprint density at radius 1 is 1.00 bits per heavy atom. The zero-order chi connectivity index (χ0) is 11.5. The Morgan fingerprint density at radius 2 is 1.35 bits per heavy atom. The van der Waals surface area contributed by atoms with Crippen molar-refractivity contribution in [2.75, 3.05) is 0 Å². The van der Waals surface area contributed by atoms with Gasteiger partial charge in [-0.05, 0) is 0 Å². The van der Waals surface area contributed by atoms with E-state index in [1.807, 2.05) is 0 Å². The highest BCUT2D eigenvalue weighted by molar-refractivity contribution is 5.90. The summed E-state index contributed by atoms with van der Waals surface area (Å²) < 4.78 is 0. The highest BCUT2D eigenvalue weighted by Gasteiger charge is 2.49. The predicted octanol–water partition coefficient (Wildman–Crippen LogP) is -1.79. The first-order chi connectivity index (χ1) is 6.21. The number of aliphatic hydroxyl groups is 2. The summed E-state index contributed by atoms with van der Waals surface area (Å²) in [6.45, 7) is 0. The molecule has 0 aromatic carbocycles. The number of rotatable bonds is 5. The number of carboxylic acids is 3. The maximum absolute atomic E-state index is 10.4. The molecule has 11 nitrogen and oxygen atoms in total. The summed E-state index contributed by atoms with van der Waals surface area (Å²) in [4.78, 5) is 30.7. The SMILES string of the molecule is N.N.N.O=C(O)CC(O)(C(=O)O)C(O)C(=O)O. The molecular weight excluding hydrogens is 242 g/mol. The smallest absolute Gasteiger partial charge is 0.339 e. The van der Waals surface area contributed by atoms with E-state index in [9.17, 15) is 14.4 Å². The molecule has 0 bridgehead atoms. The predicted molar refractivity (Wildman–Crippen MR) is 53.5 cm³/mol. The van der Waals surface area contributed by atoms with Crippen molar-refractivity contribution in [3.8, 4) is 0 Å². The summed E-state index contributed by atoms with van der Waals surface area (Å²) in [5.41, 5.74) is -3.22. The van der Waals surface area contributed by atoms with Gasteiger partial charge in [0.25, 0.3) is 0 Å². The minimum atomic E-state index is -3.22. The molecule has 14 N–H and O–H groups in total. The molecule has 0 aromatic heterocycles. The standard InChI is InChI=1S/C6H8O8.3H3N/c7-2(8)1-6(14,5(12)13)3(9)4(10)11;;;/h3,9,14H,1H2,(H,7,8)(H,10,11)(H,12,13);3*1H3. The third-order valence-corrected chi connectivity index (χ3v) is 1.48. The molecule has 17 heavy (non-hydrogen) atoms. The van der Waals surface area contributed by atoms with Gasteiger partial charge in [-0.15, -0.1) is 0 Å². The molecule has 2 unspecified atom stereocenters. The van der Waals surface area contributed by atoms with E-state index >= 15 is 0 Å². The normalized spacial score (nSPS) is 13.8. The van der Waals surface area contributed by atoms with Gasteiger partial charge in [0, 0.05) is 0 Å². The van der Waals surface area contributed by atoms with Crippen molar-refractivity contribution in [3.63, 3.8) is 0 Å². The van der Waals surface area contributed by atoms with Gasteiger partial charge in [-0.2, -0.15) is 0 Å². The number of aliphatic hydroxyl groups excluding tert-OH is 1. The topological polar surface area (TPSA) is 257 Å². The fourth-order valence-corrected chi connectivity index (χ4v) is 0.724. The van der Waals surface area contributed by atoms with Crippen LogP contribution in [0.15, 0.2) is 0 Å². The van der Waals surface area contributed by atoms with Crippen molar-refractivity contribution in [2.24, 2.45) is 0 Å². The van der Waals surface area contributed by atoms with Gasteiger partial charge in [0.05, 0.1) is 6.42 Å². The molecule has 0 aliphatic rings. The molecule has 0 rings (SSSR count). The number of hydrogen-bond donors (Lipinski definition) is 8. The molecule has 0 aliphatic heterocycles. The summed E-state index contributed by atoms with van der Waals surface area (Å²) in [5.74, 6) is -5.87. The van der Waals surface area contributed by atoms with Crippen molar-refractivity contribution < 1.29 is 39.9 Å². The summed E-state index contributed by atoms with van der Waals surface area (Å²) in [6.07, 6.45) is -4.11. The lowest BCUT2D eigenvalue weighted by Gasteiger charge is -2.23. The Balaban J connectivity index is -0.000000282. The molecule has 0 fully saturated rings. The molecule has 0 aliphatic carbocycles. The molecule has 0 saturated carbocycles. The van der Waals surface area contributed by atoms with E-state index in [1.165, 1.54) is 0 Å². The molecule has 2 atom stereocenters. The first-order valence-electron chi connectivity index (χ1n) is 3.30. The molecule has 0 saturated heterocycles. The molecular formula is C6H17N3O8. The van der Waals surface area contributed by atoms with Gasteiger partial charge in [0.15, 0.2) is 6.10 Å². The third kappa shape index (κ3) is 5.74. The molecule has 11 heteroatoms. The van der Waals surface area contributed by atoms with Gasteiger partial charge in [-0.3, -0.25) is 4.79 Å². The van der Waals surface area contributed by atoms with Crippen molar-refractivity contribution in [1.82, 2.24) is 18.5 Å². The molecule has 0 radical (unpaired) electrons. The summed E-state index contributed by atoms with van der Waals surface area (Å²) >= 11 is 0. The van der Waals surface area contributed by atoms with E-state index < -0.39 is 36.0 Å². The average molecular weight is 259 g/mol. The third-order valence-electron chi connectivity index (χ3n) is 1.48. The number of carboxylic acid groups (broad SMARTS) is 3. The highest BCUT2D eigenvalue weighted by atomic mass is 16.4. The van der Waals surface area contributed by atoms with Crippen LogP contribution in [0.1, 0.15) is 6.42 Å². The molecule has 104 valence electrons. The van der Waals surface area contributed by atoms with Crippen LogP contribution in [0.3, 0.4) is 0 Å². The van der Waals surface area contributed by atoms with Crippen LogP contribution in [0.2, 0.25) is 0 Å². The molecule has 0 spiro atoms. The minimum Gasteiger partial charge on any atom is -0.481 e. The van der Waals surface area contributed by atoms with Crippen molar-refractivity contribution >= 4 is 17.9 Å². The van der Waals surface area contributed by atoms with Crippen molar-refractivity contribution in [3.05, 3.63) is 0 Å². The van der Waals surface area contributed by atoms with E-state index in [-0.39, 0.29) is 18.5 Å². The molecule has 0 amide bonds. The number of aliphatic carboxylic acids is 3. The first kappa shape index (κ1) is 24.4. The largest absolute Gasteiger partial charge is 0.481 e. The Morgan fingerprint density at radius 3 is 1.53 bits per heavy atom. The lowest BCUT2D eigenvalue weighted by molar-refractivity contribution is -0.187. The van der Waals surface area contributed by atoms with E-state index in [0.717, 1.165) is 0 Å². The monoisotopic (exact) mass is 259 g/mol. The van der Waals surface area contributed by atoms with Crippen LogP contribution in [0.4, 0.5) is 0 Å². The Kier molecular flexibility index (Phi) is 12.0. The van der Waals surface area contributed by atoms with Crippen LogP contribution in [-0.4, -0.2) is 55.1 Å². The van der Waals surface area contributed by atoms with E-state index in [0.29, 0.717) is 0 Å². The maximum Gasteiger partial charge on any atom is 0.339 e. The molecule has 0 aromatic rings. The summed E-state index contributed by atoms with van der Waals surface area (Å²) in [6, 6.07) is 0. The van der Waals surface area contributed by atoms with Gasteiger partial charge in [0.1, 0.15) is 0 Å². The van der Waals surface area contributed by atoms with Crippen LogP contribution < -0.4 is 18.5 Å². The van der Waals surface area contributed by atoms with Gasteiger partial charge in [-0.1, -0.05) is 0 Å². The molecule has 0 heterocycles. The van der Waals surface area contributed by atoms with E-state index in [1.54, 1.807) is 0 Å². The van der Waals surface area contributed by atoms with E-state index in [4.69, 9.17) is 25.5 Å². The number of hydrogen-bond acceptors (Lipinski definition) is 8. The van der Waals surface area contributed by atoms with Gasteiger partial charge < -0.3 is 44.0 Å². The Bertz CT molecular complexity index is 282.